The summed E-state index contributed by atoms with van der Waals surface area (Å²) in [6, 6.07) is 17.3. The summed E-state index contributed by atoms with van der Waals surface area (Å²) in [6.45, 7) is 5.17. The normalized spacial score (nSPS) is 10.9. The average Bonchev–Trinajstić information content (AvgIpc) is 2.66. The van der Waals surface area contributed by atoms with E-state index < -0.39 is 0 Å². The zero-order valence-corrected chi connectivity index (χ0v) is 15.3. The number of nitriles is 1. The van der Waals surface area contributed by atoms with Gasteiger partial charge in [0.15, 0.2) is 0 Å². The van der Waals surface area contributed by atoms with Crippen LogP contribution in [0.3, 0.4) is 0 Å². The maximum Gasteiger partial charge on any atom is 0.262 e. The number of hydrogen-bond donors (Lipinski definition) is 1. The fourth-order valence-corrected chi connectivity index (χ4v) is 2.33. The molecule has 0 heterocycles. The predicted molar refractivity (Wildman–Crippen MR) is 103 cm³/mol. The molecule has 1 N–H and O–H groups in total. The zero-order valence-electron chi connectivity index (χ0n) is 15.3. The highest BCUT2D eigenvalue weighted by Crippen LogP contribution is 2.16. The van der Waals surface area contributed by atoms with Crippen molar-refractivity contribution in [2.75, 3.05) is 6.61 Å². The van der Waals surface area contributed by atoms with Crippen molar-refractivity contribution in [3.63, 3.8) is 0 Å². The topological polar surface area (TPSA) is 62.1 Å². The Morgan fingerprint density at radius 3 is 2.69 bits per heavy atom. The largest absolute Gasteiger partial charge is 0.494 e. The summed E-state index contributed by atoms with van der Waals surface area (Å²) in [5.74, 6) is 0.356. The molecule has 0 unspecified atom stereocenters. The highest BCUT2D eigenvalue weighted by atomic mass is 16.5. The number of nitrogens with zero attached hydrogens (tertiary/aromatic N) is 1. The summed E-state index contributed by atoms with van der Waals surface area (Å²) in [5.41, 5.74) is 3.00. The van der Waals surface area contributed by atoms with E-state index in [1.807, 2.05) is 61.5 Å². The Morgan fingerprint density at radius 1 is 1.23 bits per heavy atom. The molecular weight excluding hydrogens is 324 g/mol. The van der Waals surface area contributed by atoms with E-state index in [1.165, 1.54) is 5.56 Å². The van der Waals surface area contributed by atoms with Gasteiger partial charge in [0.25, 0.3) is 5.91 Å². The Morgan fingerprint density at radius 2 is 2.00 bits per heavy atom. The van der Waals surface area contributed by atoms with Crippen LogP contribution in [0.1, 0.15) is 36.5 Å². The summed E-state index contributed by atoms with van der Waals surface area (Å²) in [5, 5.41) is 12.1. The van der Waals surface area contributed by atoms with Gasteiger partial charge in [0.05, 0.1) is 6.61 Å². The number of aryl methyl sites for hydroxylation is 1. The third kappa shape index (κ3) is 6.10. The van der Waals surface area contributed by atoms with Crippen LogP contribution in [0.25, 0.3) is 6.08 Å². The van der Waals surface area contributed by atoms with Crippen molar-refractivity contribution < 1.29 is 9.53 Å². The van der Waals surface area contributed by atoms with E-state index in [4.69, 9.17) is 4.74 Å². The van der Waals surface area contributed by atoms with E-state index in [2.05, 4.69) is 12.2 Å². The van der Waals surface area contributed by atoms with Gasteiger partial charge in [-0.05, 0) is 42.7 Å². The molecule has 4 heteroatoms. The molecule has 0 aliphatic rings. The number of hydrogen-bond acceptors (Lipinski definition) is 3. The number of nitrogens with one attached hydrogen (secondary N) is 1. The van der Waals surface area contributed by atoms with Gasteiger partial charge in [0, 0.05) is 6.54 Å². The van der Waals surface area contributed by atoms with E-state index in [9.17, 15) is 10.1 Å². The van der Waals surface area contributed by atoms with E-state index in [1.54, 1.807) is 6.08 Å². The Hall–Kier alpha value is -3.06. The van der Waals surface area contributed by atoms with Crippen LogP contribution >= 0.6 is 0 Å². The van der Waals surface area contributed by atoms with Gasteiger partial charge in [0.2, 0.25) is 0 Å². The molecule has 0 fully saturated rings. The third-order valence-corrected chi connectivity index (χ3v) is 3.87. The highest BCUT2D eigenvalue weighted by molar-refractivity contribution is 6.01. The number of benzene rings is 2. The number of rotatable bonds is 8. The smallest absolute Gasteiger partial charge is 0.262 e. The molecule has 26 heavy (non-hydrogen) atoms. The van der Waals surface area contributed by atoms with Crippen LogP contribution in [0.4, 0.5) is 0 Å². The van der Waals surface area contributed by atoms with Gasteiger partial charge >= 0.3 is 0 Å². The lowest BCUT2D eigenvalue weighted by Gasteiger charge is -2.07. The molecule has 0 bridgehead atoms. The molecule has 0 aliphatic heterocycles. The van der Waals surface area contributed by atoms with Crippen LogP contribution in [0.2, 0.25) is 0 Å². The number of carbonyl (C=O) groups is 1. The van der Waals surface area contributed by atoms with E-state index in [0.29, 0.717) is 13.2 Å². The third-order valence-electron chi connectivity index (χ3n) is 3.87. The first-order valence-corrected chi connectivity index (χ1v) is 8.80. The average molecular weight is 348 g/mol. The van der Waals surface area contributed by atoms with Crippen LogP contribution in [0.5, 0.6) is 5.75 Å². The van der Waals surface area contributed by atoms with E-state index in [-0.39, 0.29) is 11.5 Å². The number of amides is 1. The molecule has 0 aromatic heterocycles. The molecule has 0 saturated heterocycles. The van der Waals surface area contributed by atoms with Crippen molar-refractivity contribution >= 4 is 12.0 Å². The second-order valence-corrected chi connectivity index (χ2v) is 6.11. The van der Waals surface area contributed by atoms with Gasteiger partial charge in [-0.1, -0.05) is 55.3 Å². The summed E-state index contributed by atoms with van der Waals surface area (Å²) in [7, 11) is 0. The second-order valence-electron chi connectivity index (χ2n) is 6.11. The maximum absolute atomic E-state index is 12.3. The fourth-order valence-electron chi connectivity index (χ4n) is 2.33. The summed E-state index contributed by atoms with van der Waals surface area (Å²) >= 11 is 0. The van der Waals surface area contributed by atoms with Gasteiger partial charge in [-0.2, -0.15) is 5.26 Å². The quantitative estimate of drug-likeness (QED) is 0.437. The molecule has 0 saturated carbocycles. The molecule has 2 aromatic rings. The van der Waals surface area contributed by atoms with Gasteiger partial charge in [-0.15, -0.1) is 0 Å². The number of ether oxygens (including phenoxy) is 1. The first-order chi connectivity index (χ1) is 12.6. The zero-order chi connectivity index (χ0) is 18.8. The molecular formula is C22H24N2O2. The lowest BCUT2D eigenvalue weighted by Crippen LogP contribution is -2.23. The highest BCUT2D eigenvalue weighted by Gasteiger charge is 2.09. The van der Waals surface area contributed by atoms with Crippen molar-refractivity contribution in [3.05, 3.63) is 70.8 Å². The minimum atomic E-state index is -0.384. The fraction of sp³-hybridized carbons (Fsp3) is 0.273. The molecule has 4 nitrogen and oxygen atoms in total. The minimum absolute atomic E-state index is 0.0721. The van der Waals surface area contributed by atoms with Gasteiger partial charge < -0.3 is 10.1 Å². The van der Waals surface area contributed by atoms with Crippen molar-refractivity contribution in [3.8, 4) is 11.8 Å². The molecule has 0 spiro atoms. The monoisotopic (exact) mass is 348 g/mol. The minimum Gasteiger partial charge on any atom is -0.494 e. The van der Waals surface area contributed by atoms with Crippen LogP contribution in [-0.2, 0) is 11.3 Å². The molecule has 0 radical (unpaired) electrons. The molecule has 134 valence electrons. The lowest BCUT2D eigenvalue weighted by molar-refractivity contribution is -0.117. The molecule has 2 aromatic carbocycles. The van der Waals surface area contributed by atoms with Gasteiger partial charge in [-0.3, -0.25) is 4.79 Å². The van der Waals surface area contributed by atoms with Crippen LogP contribution < -0.4 is 10.1 Å². The number of unbranched alkanes of at least 4 members (excludes halogenated alkanes) is 1. The Balaban J connectivity index is 2.02. The van der Waals surface area contributed by atoms with Crippen molar-refractivity contribution in [1.82, 2.24) is 5.32 Å². The van der Waals surface area contributed by atoms with Crippen molar-refractivity contribution in [2.24, 2.45) is 0 Å². The molecule has 0 atom stereocenters. The first-order valence-electron chi connectivity index (χ1n) is 8.80. The van der Waals surface area contributed by atoms with Gasteiger partial charge in [0.1, 0.15) is 17.4 Å². The summed E-state index contributed by atoms with van der Waals surface area (Å²) in [4.78, 5) is 12.3. The van der Waals surface area contributed by atoms with Crippen molar-refractivity contribution in [1.29, 1.82) is 5.26 Å². The SMILES string of the molecule is CCCCOc1cccc(C=C(C#N)C(=O)NCc2ccc(C)cc2)c1. The van der Waals surface area contributed by atoms with Gasteiger partial charge in [-0.25, -0.2) is 0 Å². The van der Waals surface area contributed by atoms with Crippen LogP contribution in [0, 0.1) is 18.3 Å². The predicted octanol–water partition coefficient (Wildman–Crippen LogP) is 4.40. The first kappa shape index (κ1) is 19.3. The molecule has 1 amide bonds. The molecule has 0 aliphatic carbocycles. The second kappa shape index (κ2) is 10.0. The van der Waals surface area contributed by atoms with E-state index in [0.717, 1.165) is 29.7 Å². The number of carbonyl (C=O) groups excluding carboxylic acids is 1. The lowest BCUT2D eigenvalue weighted by atomic mass is 10.1. The van der Waals surface area contributed by atoms with Crippen molar-refractivity contribution in [2.45, 2.75) is 33.2 Å². The van der Waals surface area contributed by atoms with Crippen LogP contribution in [-0.4, -0.2) is 12.5 Å². The Labute approximate surface area is 155 Å². The van der Waals surface area contributed by atoms with E-state index >= 15 is 0 Å². The standard InChI is InChI=1S/C22H24N2O2/c1-3-4-12-26-21-7-5-6-19(14-21)13-20(15-23)22(25)24-16-18-10-8-17(2)9-11-18/h5-11,13-14H,3-4,12,16H2,1-2H3,(H,24,25). The molecule has 2 rings (SSSR count). The summed E-state index contributed by atoms with van der Waals surface area (Å²) in [6.07, 6.45) is 3.64. The van der Waals surface area contributed by atoms with Crippen LogP contribution in [0.15, 0.2) is 54.1 Å². The Kier molecular flexibility index (Phi) is 7.45. The maximum atomic E-state index is 12.3. The summed E-state index contributed by atoms with van der Waals surface area (Å²) < 4.78 is 5.66. The Bertz CT molecular complexity index is 802.